The van der Waals surface area contributed by atoms with Gasteiger partial charge in [0.25, 0.3) is 0 Å². The van der Waals surface area contributed by atoms with E-state index in [-0.39, 0.29) is 17.9 Å². The van der Waals surface area contributed by atoms with Gasteiger partial charge in [-0.05, 0) is 42.5 Å². The van der Waals surface area contributed by atoms with Crippen molar-refractivity contribution in [3.63, 3.8) is 0 Å². The molecule has 2 rings (SSSR count). The monoisotopic (exact) mass is 306 g/mol. The van der Waals surface area contributed by atoms with E-state index in [1.54, 1.807) is 29.4 Å². The Balaban J connectivity index is 1.81. The lowest BCUT2D eigenvalue weighted by Crippen LogP contribution is -2.39. The van der Waals surface area contributed by atoms with Gasteiger partial charge in [0.1, 0.15) is 5.82 Å². The van der Waals surface area contributed by atoms with Gasteiger partial charge in [-0.2, -0.15) is 0 Å². The first-order valence-electron chi connectivity index (χ1n) is 6.86. The summed E-state index contributed by atoms with van der Waals surface area (Å²) in [5, 5.41) is 4.86. The summed E-state index contributed by atoms with van der Waals surface area (Å²) in [6.45, 7) is 2.49. The number of hydrogen-bond acceptors (Lipinski definition) is 2. The van der Waals surface area contributed by atoms with Gasteiger partial charge in [-0.15, -0.1) is 11.3 Å². The second-order valence-electron chi connectivity index (χ2n) is 4.91. The van der Waals surface area contributed by atoms with Crippen LogP contribution < -0.4 is 5.32 Å². The van der Waals surface area contributed by atoms with E-state index >= 15 is 0 Å². The van der Waals surface area contributed by atoms with Crippen molar-refractivity contribution in [2.24, 2.45) is 0 Å². The quantitative estimate of drug-likeness (QED) is 0.894. The number of halogens is 1. The molecule has 0 bridgehead atoms. The highest BCUT2D eigenvalue weighted by Gasteiger charge is 2.17. The van der Waals surface area contributed by atoms with Gasteiger partial charge in [0, 0.05) is 18.5 Å². The number of nitrogens with one attached hydrogen (secondary N) is 1. The van der Waals surface area contributed by atoms with E-state index in [0.717, 1.165) is 10.4 Å². The molecule has 2 amide bonds. The van der Waals surface area contributed by atoms with E-state index in [9.17, 15) is 9.18 Å². The summed E-state index contributed by atoms with van der Waals surface area (Å²) in [4.78, 5) is 14.9. The molecule has 112 valence electrons. The fraction of sp³-hybridized carbons (Fsp3) is 0.312. The van der Waals surface area contributed by atoms with Crippen molar-refractivity contribution in [3.8, 4) is 0 Å². The zero-order valence-electron chi connectivity index (χ0n) is 12.2. The molecule has 1 atom stereocenters. The second kappa shape index (κ2) is 7.22. The van der Waals surface area contributed by atoms with Gasteiger partial charge in [0.2, 0.25) is 0 Å². The predicted octanol–water partition coefficient (Wildman–Crippen LogP) is 3.83. The highest BCUT2D eigenvalue weighted by Crippen LogP contribution is 2.23. The average Bonchev–Trinajstić information content (AvgIpc) is 3.00. The second-order valence-corrected chi connectivity index (χ2v) is 5.89. The Kier molecular flexibility index (Phi) is 5.33. The van der Waals surface area contributed by atoms with Crippen LogP contribution >= 0.6 is 11.3 Å². The molecule has 3 nitrogen and oxygen atoms in total. The predicted molar refractivity (Wildman–Crippen MR) is 84.0 cm³/mol. The third-order valence-electron chi connectivity index (χ3n) is 3.44. The van der Waals surface area contributed by atoms with Crippen molar-refractivity contribution in [3.05, 3.63) is 58.0 Å². The topological polar surface area (TPSA) is 32.3 Å². The van der Waals surface area contributed by atoms with E-state index < -0.39 is 0 Å². The maximum absolute atomic E-state index is 13.0. The number of carbonyl (C=O) groups excluding carboxylic acids is 1. The first-order chi connectivity index (χ1) is 10.1. The molecule has 2 aromatic rings. The number of thiophene rings is 1. The van der Waals surface area contributed by atoms with Gasteiger partial charge in [0.05, 0.1) is 6.04 Å². The fourth-order valence-corrected chi connectivity index (χ4v) is 2.85. The zero-order valence-corrected chi connectivity index (χ0v) is 13.0. The Labute approximate surface area is 128 Å². The van der Waals surface area contributed by atoms with Gasteiger partial charge in [-0.25, -0.2) is 9.18 Å². The van der Waals surface area contributed by atoms with Crippen LogP contribution in [0.15, 0.2) is 41.8 Å². The van der Waals surface area contributed by atoms with Crippen molar-refractivity contribution in [1.82, 2.24) is 10.2 Å². The normalized spacial score (nSPS) is 12.0. The Morgan fingerprint density at radius 1 is 1.38 bits per heavy atom. The number of benzene rings is 1. The van der Waals surface area contributed by atoms with Gasteiger partial charge in [-0.3, -0.25) is 0 Å². The summed E-state index contributed by atoms with van der Waals surface area (Å²) in [6.07, 6.45) is 0.616. The molecule has 0 aliphatic carbocycles. The number of carbonyl (C=O) groups is 1. The van der Waals surface area contributed by atoms with Crippen molar-refractivity contribution in [2.45, 2.75) is 19.4 Å². The molecule has 0 radical (unpaired) electrons. The van der Waals surface area contributed by atoms with Gasteiger partial charge in [0.15, 0.2) is 0 Å². The molecule has 0 fully saturated rings. The molecule has 0 spiro atoms. The van der Waals surface area contributed by atoms with E-state index in [0.29, 0.717) is 13.0 Å². The van der Waals surface area contributed by atoms with Crippen LogP contribution in [0.2, 0.25) is 0 Å². The summed E-state index contributed by atoms with van der Waals surface area (Å²) >= 11 is 1.64. The van der Waals surface area contributed by atoms with Crippen LogP contribution in [0, 0.1) is 5.82 Å². The number of amides is 2. The van der Waals surface area contributed by atoms with Gasteiger partial charge >= 0.3 is 6.03 Å². The molecule has 0 aliphatic heterocycles. The lowest BCUT2D eigenvalue weighted by Gasteiger charge is -2.24. The lowest BCUT2D eigenvalue weighted by molar-refractivity contribution is 0.195. The molecular weight excluding hydrogens is 287 g/mol. The number of nitrogens with zero attached hydrogens (tertiary/aromatic N) is 1. The molecule has 1 N–H and O–H groups in total. The molecule has 0 saturated carbocycles. The minimum atomic E-state index is -0.248. The summed E-state index contributed by atoms with van der Waals surface area (Å²) in [7, 11) is 1.78. The van der Waals surface area contributed by atoms with Crippen LogP contribution in [-0.2, 0) is 6.42 Å². The molecule has 5 heteroatoms. The lowest BCUT2D eigenvalue weighted by atomic mass is 10.1. The van der Waals surface area contributed by atoms with Crippen molar-refractivity contribution in [2.75, 3.05) is 13.6 Å². The third kappa shape index (κ3) is 4.29. The number of urea groups is 1. The molecule has 1 aromatic carbocycles. The maximum atomic E-state index is 13.0. The van der Waals surface area contributed by atoms with Crippen LogP contribution in [0.25, 0.3) is 0 Å². The van der Waals surface area contributed by atoms with Crippen molar-refractivity contribution < 1.29 is 9.18 Å². The summed E-state index contributed by atoms with van der Waals surface area (Å²) in [6, 6.07) is 10.4. The van der Waals surface area contributed by atoms with Crippen molar-refractivity contribution >= 4 is 17.4 Å². The van der Waals surface area contributed by atoms with Crippen LogP contribution in [-0.4, -0.2) is 24.5 Å². The highest BCUT2D eigenvalue weighted by molar-refractivity contribution is 7.10. The minimum Gasteiger partial charge on any atom is -0.338 e. The first kappa shape index (κ1) is 15.5. The minimum absolute atomic E-state index is 0.0409. The van der Waals surface area contributed by atoms with Crippen LogP contribution in [0.3, 0.4) is 0 Å². The smallest absolute Gasteiger partial charge is 0.317 e. The summed E-state index contributed by atoms with van der Waals surface area (Å²) in [5.41, 5.74) is 0.879. The molecule has 1 heterocycles. The Bertz CT molecular complexity index is 586. The summed E-state index contributed by atoms with van der Waals surface area (Å²) in [5.74, 6) is -0.248. The molecular formula is C16H19FN2OS. The van der Waals surface area contributed by atoms with Crippen LogP contribution in [0.1, 0.15) is 23.4 Å². The average molecular weight is 306 g/mol. The van der Waals surface area contributed by atoms with Crippen LogP contribution in [0.5, 0.6) is 0 Å². The fourth-order valence-electron chi connectivity index (χ4n) is 2.03. The van der Waals surface area contributed by atoms with Gasteiger partial charge < -0.3 is 10.2 Å². The largest absolute Gasteiger partial charge is 0.338 e. The molecule has 0 saturated heterocycles. The molecule has 0 aliphatic rings. The molecule has 1 unspecified atom stereocenters. The van der Waals surface area contributed by atoms with E-state index in [2.05, 4.69) is 5.32 Å². The SMILES string of the molecule is CC(c1cccs1)N(C)C(=O)NCCc1cccc(F)c1. The maximum Gasteiger partial charge on any atom is 0.317 e. The highest BCUT2D eigenvalue weighted by atomic mass is 32.1. The third-order valence-corrected chi connectivity index (χ3v) is 4.48. The number of rotatable bonds is 5. The summed E-state index contributed by atoms with van der Waals surface area (Å²) < 4.78 is 13.0. The standard InChI is InChI=1S/C16H19FN2OS/c1-12(15-7-4-10-21-15)19(2)16(20)18-9-8-13-5-3-6-14(17)11-13/h3-7,10-12H,8-9H2,1-2H3,(H,18,20). The van der Waals surface area contributed by atoms with Gasteiger partial charge in [-0.1, -0.05) is 18.2 Å². The van der Waals surface area contributed by atoms with Crippen LogP contribution in [0.4, 0.5) is 9.18 Å². The molecule has 21 heavy (non-hydrogen) atoms. The van der Waals surface area contributed by atoms with E-state index in [1.807, 2.05) is 30.5 Å². The molecule has 1 aromatic heterocycles. The Morgan fingerprint density at radius 2 is 2.19 bits per heavy atom. The Morgan fingerprint density at radius 3 is 2.86 bits per heavy atom. The first-order valence-corrected chi connectivity index (χ1v) is 7.74. The van der Waals surface area contributed by atoms with E-state index in [4.69, 9.17) is 0 Å². The number of hydrogen-bond donors (Lipinski definition) is 1. The van der Waals surface area contributed by atoms with Crippen molar-refractivity contribution in [1.29, 1.82) is 0 Å². The Hall–Kier alpha value is -1.88. The van der Waals surface area contributed by atoms with E-state index in [1.165, 1.54) is 12.1 Å². The zero-order chi connectivity index (χ0) is 15.2.